The highest BCUT2D eigenvalue weighted by Gasteiger charge is 2.31. The lowest BCUT2D eigenvalue weighted by Gasteiger charge is -2.12. The molecular weight excluding hydrogens is 214 g/mol. The molecular formula is C9H13N3O2S. The van der Waals surface area contributed by atoms with Crippen molar-refractivity contribution >= 4 is 10.0 Å². The summed E-state index contributed by atoms with van der Waals surface area (Å²) in [5, 5.41) is -0.646. The standard InChI is InChI=1S/C9H13N3O2S/c1-7(9-6-10-4-5-11-9)15(13,14)12-8-2-3-8/h4-8,12H,2-3H2,1H3/t7-/m1/s1. The molecule has 82 valence electrons. The molecule has 1 atom stereocenters. The lowest BCUT2D eigenvalue weighted by atomic mass is 10.3. The van der Waals surface area contributed by atoms with Crippen molar-refractivity contribution < 1.29 is 8.42 Å². The summed E-state index contributed by atoms with van der Waals surface area (Å²) in [4.78, 5) is 7.85. The van der Waals surface area contributed by atoms with E-state index in [1.54, 1.807) is 6.92 Å². The van der Waals surface area contributed by atoms with Gasteiger partial charge in [-0.15, -0.1) is 0 Å². The molecule has 0 bridgehead atoms. The van der Waals surface area contributed by atoms with Crippen molar-refractivity contribution in [1.82, 2.24) is 14.7 Å². The lowest BCUT2D eigenvalue weighted by Crippen LogP contribution is -2.30. The largest absolute Gasteiger partial charge is 0.261 e. The van der Waals surface area contributed by atoms with Crippen molar-refractivity contribution in [3.05, 3.63) is 24.3 Å². The first-order valence-electron chi connectivity index (χ1n) is 4.86. The van der Waals surface area contributed by atoms with Gasteiger partial charge in [-0.25, -0.2) is 13.1 Å². The van der Waals surface area contributed by atoms with E-state index >= 15 is 0 Å². The minimum Gasteiger partial charge on any atom is -0.261 e. The van der Waals surface area contributed by atoms with E-state index in [0.717, 1.165) is 12.8 Å². The fourth-order valence-electron chi connectivity index (χ4n) is 1.22. The molecule has 1 heterocycles. The third kappa shape index (κ3) is 2.51. The van der Waals surface area contributed by atoms with Gasteiger partial charge in [-0.1, -0.05) is 0 Å². The number of nitrogens with zero attached hydrogens (tertiary/aromatic N) is 2. The first kappa shape index (κ1) is 10.5. The number of sulfonamides is 1. The molecule has 0 aliphatic heterocycles. The second-order valence-corrected chi connectivity index (χ2v) is 5.74. The van der Waals surface area contributed by atoms with Crippen LogP contribution in [0.3, 0.4) is 0 Å². The molecule has 15 heavy (non-hydrogen) atoms. The summed E-state index contributed by atoms with van der Waals surface area (Å²) < 4.78 is 26.2. The van der Waals surface area contributed by atoms with Crippen LogP contribution in [0.5, 0.6) is 0 Å². The third-order valence-corrected chi connectivity index (χ3v) is 4.21. The van der Waals surface area contributed by atoms with Gasteiger partial charge >= 0.3 is 0 Å². The van der Waals surface area contributed by atoms with Gasteiger partial charge in [0.05, 0.1) is 5.69 Å². The monoisotopic (exact) mass is 227 g/mol. The topological polar surface area (TPSA) is 72.0 Å². The van der Waals surface area contributed by atoms with Crippen LogP contribution in [0.2, 0.25) is 0 Å². The van der Waals surface area contributed by atoms with Crippen LogP contribution >= 0.6 is 0 Å². The second-order valence-electron chi connectivity index (χ2n) is 3.71. The van der Waals surface area contributed by atoms with Crippen molar-refractivity contribution in [1.29, 1.82) is 0 Å². The van der Waals surface area contributed by atoms with Gasteiger partial charge in [-0.2, -0.15) is 0 Å². The van der Waals surface area contributed by atoms with Gasteiger partial charge in [-0.05, 0) is 19.8 Å². The molecule has 1 N–H and O–H groups in total. The molecule has 1 aromatic rings. The summed E-state index contributed by atoms with van der Waals surface area (Å²) in [7, 11) is -3.30. The molecule has 0 spiro atoms. The summed E-state index contributed by atoms with van der Waals surface area (Å²) >= 11 is 0. The van der Waals surface area contributed by atoms with Gasteiger partial charge in [0.25, 0.3) is 0 Å². The zero-order chi connectivity index (χ0) is 10.9. The van der Waals surface area contributed by atoms with Crippen molar-refractivity contribution in [3.8, 4) is 0 Å². The van der Waals surface area contributed by atoms with Crippen LogP contribution in [-0.2, 0) is 10.0 Å². The minimum absolute atomic E-state index is 0.133. The predicted molar refractivity (Wildman–Crippen MR) is 55.5 cm³/mol. The lowest BCUT2D eigenvalue weighted by molar-refractivity contribution is 0.569. The van der Waals surface area contributed by atoms with Crippen LogP contribution in [0.1, 0.15) is 30.7 Å². The molecule has 0 unspecified atom stereocenters. The SMILES string of the molecule is C[C@H](c1cnccn1)S(=O)(=O)NC1CC1. The molecule has 0 aromatic carbocycles. The smallest absolute Gasteiger partial charge is 0.220 e. The fraction of sp³-hybridized carbons (Fsp3) is 0.556. The Morgan fingerprint density at radius 3 is 2.73 bits per heavy atom. The normalized spacial score (nSPS) is 18.7. The Labute approximate surface area is 89.0 Å². The van der Waals surface area contributed by atoms with Crippen molar-refractivity contribution in [2.45, 2.75) is 31.1 Å². The van der Waals surface area contributed by atoms with E-state index in [4.69, 9.17) is 0 Å². The Kier molecular flexibility index (Phi) is 2.70. The molecule has 1 aliphatic rings. The molecule has 1 aromatic heterocycles. The predicted octanol–water partition coefficient (Wildman–Crippen LogP) is 0.619. The third-order valence-electron chi connectivity index (χ3n) is 2.37. The molecule has 0 amide bonds. The molecule has 2 rings (SSSR count). The first-order chi connectivity index (χ1) is 7.09. The highest BCUT2D eigenvalue weighted by atomic mass is 32.2. The van der Waals surface area contributed by atoms with Crippen molar-refractivity contribution in [3.63, 3.8) is 0 Å². The van der Waals surface area contributed by atoms with Crippen LogP contribution in [0, 0.1) is 0 Å². The number of rotatable bonds is 4. The average molecular weight is 227 g/mol. The quantitative estimate of drug-likeness (QED) is 0.818. The fourth-order valence-corrected chi connectivity index (χ4v) is 2.56. The maximum absolute atomic E-state index is 11.8. The summed E-state index contributed by atoms with van der Waals surface area (Å²) in [6, 6.07) is 0.133. The van der Waals surface area contributed by atoms with E-state index < -0.39 is 15.3 Å². The molecule has 0 radical (unpaired) electrons. The second kappa shape index (κ2) is 3.86. The highest BCUT2D eigenvalue weighted by Crippen LogP contribution is 2.24. The van der Waals surface area contributed by atoms with E-state index in [0.29, 0.717) is 5.69 Å². The summed E-state index contributed by atoms with van der Waals surface area (Å²) in [5.41, 5.74) is 0.477. The number of aromatic nitrogens is 2. The van der Waals surface area contributed by atoms with Crippen LogP contribution < -0.4 is 4.72 Å². The van der Waals surface area contributed by atoms with Gasteiger partial charge < -0.3 is 0 Å². The van der Waals surface area contributed by atoms with Crippen LogP contribution in [-0.4, -0.2) is 24.4 Å². The maximum atomic E-state index is 11.8. The van der Waals surface area contributed by atoms with E-state index in [2.05, 4.69) is 14.7 Å². The summed E-state index contributed by atoms with van der Waals surface area (Å²) in [6.45, 7) is 1.62. The van der Waals surface area contributed by atoms with Crippen molar-refractivity contribution in [2.75, 3.05) is 0 Å². The molecule has 6 heteroatoms. The molecule has 1 aliphatic carbocycles. The summed E-state index contributed by atoms with van der Waals surface area (Å²) in [6.07, 6.45) is 6.38. The number of hydrogen-bond acceptors (Lipinski definition) is 4. The zero-order valence-corrected chi connectivity index (χ0v) is 9.24. The van der Waals surface area contributed by atoms with E-state index in [1.165, 1.54) is 18.6 Å². The van der Waals surface area contributed by atoms with E-state index in [1.807, 2.05) is 0 Å². The highest BCUT2D eigenvalue weighted by molar-refractivity contribution is 7.89. The van der Waals surface area contributed by atoms with Crippen molar-refractivity contribution in [2.24, 2.45) is 0 Å². The van der Waals surface area contributed by atoms with E-state index in [9.17, 15) is 8.42 Å². The Morgan fingerprint density at radius 2 is 2.20 bits per heavy atom. The molecule has 0 saturated heterocycles. The van der Waals surface area contributed by atoms with Gasteiger partial charge in [-0.3, -0.25) is 9.97 Å². The molecule has 1 saturated carbocycles. The van der Waals surface area contributed by atoms with Gasteiger partial charge in [0, 0.05) is 24.6 Å². The Bertz CT molecular complexity index is 428. The van der Waals surface area contributed by atoms with Gasteiger partial charge in [0.2, 0.25) is 10.0 Å². The van der Waals surface area contributed by atoms with E-state index in [-0.39, 0.29) is 6.04 Å². The van der Waals surface area contributed by atoms with Crippen LogP contribution in [0.15, 0.2) is 18.6 Å². The first-order valence-corrected chi connectivity index (χ1v) is 6.41. The molecule has 5 nitrogen and oxygen atoms in total. The summed E-state index contributed by atoms with van der Waals surface area (Å²) in [5.74, 6) is 0. The average Bonchev–Trinajstić information content (AvgIpc) is 3.01. The van der Waals surface area contributed by atoms with Crippen LogP contribution in [0.4, 0.5) is 0 Å². The minimum atomic E-state index is -3.30. The maximum Gasteiger partial charge on any atom is 0.220 e. The molecule has 1 fully saturated rings. The van der Waals surface area contributed by atoms with Crippen LogP contribution in [0.25, 0.3) is 0 Å². The number of hydrogen-bond donors (Lipinski definition) is 1. The Morgan fingerprint density at radius 1 is 1.47 bits per heavy atom. The Hall–Kier alpha value is -1.01. The van der Waals surface area contributed by atoms with Gasteiger partial charge in [0.1, 0.15) is 5.25 Å². The van der Waals surface area contributed by atoms with Gasteiger partial charge in [0.15, 0.2) is 0 Å². The number of nitrogens with one attached hydrogen (secondary N) is 1. The zero-order valence-electron chi connectivity index (χ0n) is 8.42. The Balaban J connectivity index is 2.15.